The highest BCUT2D eigenvalue weighted by Gasteiger charge is 2.25. The number of hydrogen-bond acceptors (Lipinski definition) is 3. The molecule has 0 bridgehead atoms. The van der Waals surface area contributed by atoms with Gasteiger partial charge in [-0.25, -0.2) is 4.79 Å². The summed E-state index contributed by atoms with van der Waals surface area (Å²) >= 11 is 0. The molecule has 124 valence electrons. The molecular weight excluding hydrogens is 292 g/mol. The number of piperidine rings is 1. The summed E-state index contributed by atoms with van der Waals surface area (Å²) in [6.45, 7) is 7.26. The molecule has 1 aliphatic heterocycles. The Bertz CT molecular complexity index is 326. The number of urea groups is 1. The maximum Gasteiger partial charge on any atom is 0.317 e. The topological polar surface area (TPSA) is 87.5 Å². The second-order valence-electron chi connectivity index (χ2n) is 5.88. The molecule has 1 rings (SSSR count). The molecule has 21 heavy (non-hydrogen) atoms. The molecule has 1 saturated heterocycles. The van der Waals surface area contributed by atoms with Gasteiger partial charge in [-0.2, -0.15) is 0 Å². The van der Waals surface area contributed by atoms with E-state index in [0.717, 1.165) is 19.4 Å². The standard InChI is InChI=1S/C14H28N4O2.ClH/c1-11(2)9-17-14(20)18-7-3-4-12(10-18)8-13(19)16-6-5-15;/h11-12H,3-10,15H2,1-2H3,(H,16,19)(H,17,20);1H. The molecule has 6 nitrogen and oxygen atoms in total. The number of hydrogen-bond donors (Lipinski definition) is 3. The number of likely N-dealkylation sites (tertiary alicyclic amines) is 1. The van der Waals surface area contributed by atoms with Gasteiger partial charge >= 0.3 is 6.03 Å². The third-order valence-electron chi connectivity index (χ3n) is 3.41. The molecular formula is C14H29ClN4O2. The summed E-state index contributed by atoms with van der Waals surface area (Å²) < 4.78 is 0. The molecule has 1 atom stereocenters. The second kappa shape index (κ2) is 10.7. The van der Waals surface area contributed by atoms with Crippen molar-refractivity contribution in [2.75, 3.05) is 32.7 Å². The number of rotatable bonds is 6. The van der Waals surface area contributed by atoms with Crippen molar-refractivity contribution in [3.05, 3.63) is 0 Å². The predicted octanol–water partition coefficient (Wildman–Crippen LogP) is 0.951. The van der Waals surface area contributed by atoms with Gasteiger partial charge in [-0.3, -0.25) is 4.79 Å². The largest absolute Gasteiger partial charge is 0.355 e. The lowest BCUT2D eigenvalue weighted by molar-refractivity contribution is -0.122. The molecule has 0 spiro atoms. The van der Waals surface area contributed by atoms with Crippen molar-refractivity contribution in [3.63, 3.8) is 0 Å². The van der Waals surface area contributed by atoms with Gasteiger partial charge in [0.2, 0.25) is 5.91 Å². The Kier molecular flexibility index (Phi) is 10.2. The first-order valence-electron chi connectivity index (χ1n) is 7.52. The summed E-state index contributed by atoms with van der Waals surface area (Å²) in [7, 11) is 0. The van der Waals surface area contributed by atoms with Crippen LogP contribution in [0.5, 0.6) is 0 Å². The summed E-state index contributed by atoms with van der Waals surface area (Å²) in [5.74, 6) is 0.734. The zero-order chi connectivity index (χ0) is 15.0. The van der Waals surface area contributed by atoms with Crippen LogP contribution >= 0.6 is 12.4 Å². The van der Waals surface area contributed by atoms with Crippen LogP contribution in [0.15, 0.2) is 0 Å². The maximum absolute atomic E-state index is 12.0. The molecule has 1 fully saturated rings. The van der Waals surface area contributed by atoms with Gasteiger partial charge in [-0.1, -0.05) is 13.8 Å². The van der Waals surface area contributed by atoms with E-state index in [-0.39, 0.29) is 30.3 Å². The fourth-order valence-electron chi connectivity index (χ4n) is 2.37. The Morgan fingerprint density at radius 1 is 1.33 bits per heavy atom. The minimum atomic E-state index is -0.00855. The Hall–Kier alpha value is -1.01. The van der Waals surface area contributed by atoms with E-state index in [2.05, 4.69) is 24.5 Å². The quantitative estimate of drug-likeness (QED) is 0.681. The molecule has 1 unspecified atom stereocenters. The molecule has 0 aromatic carbocycles. The summed E-state index contributed by atoms with van der Waals surface area (Å²) in [6, 6.07) is -0.00855. The van der Waals surface area contributed by atoms with Crippen LogP contribution < -0.4 is 16.4 Å². The third kappa shape index (κ3) is 8.12. The van der Waals surface area contributed by atoms with E-state index in [1.807, 2.05) is 4.90 Å². The van der Waals surface area contributed by atoms with Gasteiger partial charge < -0.3 is 21.3 Å². The van der Waals surface area contributed by atoms with Crippen LogP contribution in [0.1, 0.15) is 33.1 Å². The molecule has 4 N–H and O–H groups in total. The number of carbonyl (C=O) groups excluding carboxylic acids is 2. The Labute approximate surface area is 133 Å². The van der Waals surface area contributed by atoms with E-state index in [1.54, 1.807) is 0 Å². The highest BCUT2D eigenvalue weighted by Crippen LogP contribution is 2.19. The SMILES string of the molecule is CC(C)CNC(=O)N1CCCC(CC(=O)NCCN)C1.Cl. The molecule has 0 radical (unpaired) electrons. The first kappa shape index (κ1) is 20.0. The van der Waals surface area contributed by atoms with Crippen LogP contribution in [-0.2, 0) is 4.79 Å². The summed E-state index contributed by atoms with van der Waals surface area (Å²) in [5, 5.41) is 5.71. The number of nitrogens with zero attached hydrogens (tertiary/aromatic N) is 1. The molecule has 7 heteroatoms. The van der Waals surface area contributed by atoms with Gasteiger partial charge in [0.25, 0.3) is 0 Å². The minimum absolute atomic E-state index is 0. The lowest BCUT2D eigenvalue weighted by Crippen LogP contribution is -2.47. The van der Waals surface area contributed by atoms with E-state index < -0.39 is 0 Å². The number of nitrogens with one attached hydrogen (secondary N) is 2. The predicted molar refractivity (Wildman–Crippen MR) is 86.5 cm³/mol. The van der Waals surface area contributed by atoms with Gasteiger partial charge in [-0.05, 0) is 24.7 Å². The van der Waals surface area contributed by atoms with Crippen LogP contribution in [0.4, 0.5) is 4.79 Å². The highest BCUT2D eigenvalue weighted by molar-refractivity contribution is 5.85. The minimum Gasteiger partial charge on any atom is -0.355 e. The van der Waals surface area contributed by atoms with Gasteiger partial charge in [-0.15, -0.1) is 12.4 Å². The van der Waals surface area contributed by atoms with Crippen LogP contribution in [0.3, 0.4) is 0 Å². The van der Waals surface area contributed by atoms with E-state index in [0.29, 0.717) is 38.5 Å². The maximum atomic E-state index is 12.0. The smallest absolute Gasteiger partial charge is 0.317 e. The Morgan fingerprint density at radius 3 is 2.67 bits per heavy atom. The molecule has 0 aromatic heterocycles. The first-order chi connectivity index (χ1) is 9.52. The molecule has 1 heterocycles. The fourth-order valence-corrected chi connectivity index (χ4v) is 2.37. The third-order valence-corrected chi connectivity index (χ3v) is 3.41. The average molecular weight is 321 g/mol. The molecule has 1 aliphatic rings. The van der Waals surface area contributed by atoms with Gasteiger partial charge in [0, 0.05) is 39.1 Å². The highest BCUT2D eigenvalue weighted by atomic mass is 35.5. The van der Waals surface area contributed by atoms with Crippen molar-refractivity contribution in [1.82, 2.24) is 15.5 Å². The average Bonchev–Trinajstić information content (AvgIpc) is 2.42. The summed E-state index contributed by atoms with van der Waals surface area (Å²) in [6.07, 6.45) is 2.45. The molecule has 0 saturated carbocycles. The van der Waals surface area contributed by atoms with Crippen LogP contribution in [0, 0.1) is 11.8 Å². The van der Waals surface area contributed by atoms with E-state index in [4.69, 9.17) is 5.73 Å². The van der Waals surface area contributed by atoms with Crippen LogP contribution in [0.2, 0.25) is 0 Å². The molecule has 0 aliphatic carbocycles. The summed E-state index contributed by atoms with van der Waals surface area (Å²) in [4.78, 5) is 25.5. The van der Waals surface area contributed by atoms with Gasteiger partial charge in [0.05, 0.1) is 0 Å². The summed E-state index contributed by atoms with van der Waals surface area (Å²) in [5.41, 5.74) is 5.35. The van der Waals surface area contributed by atoms with Crippen molar-refractivity contribution in [2.45, 2.75) is 33.1 Å². The number of nitrogens with two attached hydrogens (primary N) is 1. The van der Waals surface area contributed by atoms with Crippen molar-refractivity contribution in [3.8, 4) is 0 Å². The Morgan fingerprint density at radius 2 is 2.05 bits per heavy atom. The molecule has 3 amide bonds. The first-order valence-corrected chi connectivity index (χ1v) is 7.52. The van der Waals surface area contributed by atoms with Crippen molar-refractivity contribution in [2.24, 2.45) is 17.6 Å². The van der Waals surface area contributed by atoms with E-state index in [1.165, 1.54) is 0 Å². The number of amides is 3. The normalized spacial score (nSPS) is 18.1. The number of carbonyl (C=O) groups is 2. The zero-order valence-corrected chi connectivity index (χ0v) is 13.9. The fraction of sp³-hybridized carbons (Fsp3) is 0.857. The van der Waals surface area contributed by atoms with Crippen molar-refractivity contribution in [1.29, 1.82) is 0 Å². The second-order valence-corrected chi connectivity index (χ2v) is 5.88. The molecule has 0 aromatic rings. The van der Waals surface area contributed by atoms with E-state index in [9.17, 15) is 9.59 Å². The number of halogens is 1. The van der Waals surface area contributed by atoms with Crippen LogP contribution in [0.25, 0.3) is 0 Å². The van der Waals surface area contributed by atoms with E-state index >= 15 is 0 Å². The van der Waals surface area contributed by atoms with Gasteiger partial charge in [0.15, 0.2) is 0 Å². The van der Waals surface area contributed by atoms with Crippen molar-refractivity contribution < 1.29 is 9.59 Å². The van der Waals surface area contributed by atoms with Gasteiger partial charge in [0.1, 0.15) is 0 Å². The lowest BCUT2D eigenvalue weighted by atomic mass is 9.94. The zero-order valence-electron chi connectivity index (χ0n) is 13.1. The monoisotopic (exact) mass is 320 g/mol. The lowest BCUT2D eigenvalue weighted by Gasteiger charge is -2.32. The van der Waals surface area contributed by atoms with Crippen LogP contribution in [-0.4, -0.2) is 49.6 Å². The Balaban J connectivity index is 0.00000400. The van der Waals surface area contributed by atoms with Crippen molar-refractivity contribution >= 4 is 24.3 Å².